The van der Waals surface area contributed by atoms with E-state index in [0.29, 0.717) is 65.3 Å². The zero-order valence-corrected chi connectivity index (χ0v) is 19.0. The summed E-state index contributed by atoms with van der Waals surface area (Å²) in [6.45, 7) is 1.36. The van der Waals surface area contributed by atoms with Crippen LogP contribution in [0.2, 0.25) is 0 Å². The molecule has 2 aliphatic rings. The van der Waals surface area contributed by atoms with Gasteiger partial charge in [-0.05, 0) is 29.3 Å². The van der Waals surface area contributed by atoms with E-state index in [1.807, 2.05) is 30.3 Å². The van der Waals surface area contributed by atoms with Crippen molar-refractivity contribution in [1.29, 1.82) is 0 Å². The van der Waals surface area contributed by atoms with Gasteiger partial charge >= 0.3 is 0 Å². The number of ether oxygens (including phenoxy) is 7. The minimum atomic E-state index is -1.09. The van der Waals surface area contributed by atoms with Crippen LogP contribution in [0.15, 0.2) is 54.6 Å². The van der Waals surface area contributed by atoms with Gasteiger partial charge in [-0.3, -0.25) is 0 Å². The van der Waals surface area contributed by atoms with E-state index in [4.69, 9.17) is 33.2 Å². The number of benzene rings is 3. The normalized spacial score (nSPS) is 15.9. The van der Waals surface area contributed by atoms with E-state index in [1.165, 1.54) is 0 Å². The third kappa shape index (κ3) is 4.35. The fourth-order valence-corrected chi connectivity index (χ4v) is 4.07. The van der Waals surface area contributed by atoms with Crippen LogP contribution in [0.5, 0.6) is 28.7 Å². The average molecular weight is 466 g/mol. The van der Waals surface area contributed by atoms with Crippen molar-refractivity contribution in [2.24, 2.45) is 0 Å². The summed E-state index contributed by atoms with van der Waals surface area (Å²) in [7, 11) is 3.10. The molecule has 1 fully saturated rings. The second kappa shape index (κ2) is 9.80. The summed E-state index contributed by atoms with van der Waals surface area (Å²) in [6, 6.07) is 16.8. The van der Waals surface area contributed by atoms with Gasteiger partial charge in [0.25, 0.3) is 0 Å². The lowest BCUT2D eigenvalue weighted by molar-refractivity contribution is -0.0458. The molecule has 0 saturated carbocycles. The fraction of sp³-hybridized carbons (Fsp3) is 0.308. The molecule has 3 aromatic rings. The first-order chi connectivity index (χ1) is 16.7. The summed E-state index contributed by atoms with van der Waals surface area (Å²) in [6.07, 6.45) is -1.73. The van der Waals surface area contributed by atoms with Gasteiger partial charge in [-0.15, -0.1) is 0 Å². The Kier molecular flexibility index (Phi) is 6.44. The summed E-state index contributed by atoms with van der Waals surface area (Å²) in [4.78, 5) is 0. The molecular formula is C26H26O8. The summed E-state index contributed by atoms with van der Waals surface area (Å²) >= 11 is 0. The molecule has 2 aliphatic heterocycles. The largest absolute Gasteiger partial charge is 0.493 e. The topological polar surface area (TPSA) is 84.8 Å². The SMILES string of the molecule is COc1cc(C2OCCO2)c(C(O)c2cc3c(cc2OCc2ccccc2)OCO3)cc1OC. The molecular weight excluding hydrogens is 440 g/mol. The first kappa shape index (κ1) is 22.3. The summed E-state index contributed by atoms with van der Waals surface area (Å²) in [5.41, 5.74) is 2.72. The van der Waals surface area contributed by atoms with Gasteiger partial charge in [0.1, 0.15) is 18.5 Å². The van der Waals surface area contributed by atoms with Crippen molar-refractivity contribution < 1.29 is 38.3 Å². The monoisotopic (exact) mass is 466 g/mol. The molecule has 1 unspecified atom stereocenters. The quantitative estimate of drug-likeness (QED) is 0.530. The third-order valence-electron chi connectivity index (χ3n) is 5.80. The van der Waals surface area contributed by atoms with Crippen molar-refractivity contribution >= 4 is 0 Å². The van der Waals surface area contributed by atoms with Crippen LogP contribution < -0.4 is 23.7 Å². The number of fused-ring (bicyclic) bond motifs is 1. The maximum atomic E-state index is 11.6. The fourth-order valence-electron chi connectivity index (χ4n) is 4.07. The van der Waals surface area contributed by atoms with Gasteiger partial charge in [0.2, 0.25) is 6.79 Å². The molecule has 8 heteroatoms. The van der Waals surface area contributed by atoms with Crippen molar-refractivity contribution in [3.05, 3.63) is 76.9 Å². The van der Waals surface area contributed by atoms with Gasteiger partial charge in [0.05, 0.1) is 27.4 Å². The van der Waals surface area contributed by atoms with E-state index in [0.717, 1.165) is 5.56 Å². The lowest BCUT2D eigenvalue weighted by atomic mass is 9.94. The maximum Gasteiger partial charge on any atom is 0.231 e. The zero-order valence-electron chi connectivity index (χ0n) is 19.0. The first-order valence-electron chi connectivity index (χ1n) is 10.9. The molecule has 0 aromatic heterocycles. The van der Waals surface area contributed by atoms with Gasteiger partial charge in [0.15, 0.2) is 29.3 Å². The zero-order chi connectivity index (χ0) is 23.5. The van der Waals surface area contributed by atoms with Crippen LogP contribution in [0, 0.1) is 0 Å². The van der Waals surface area contributed by atoms with E-state index in [2.05, 4.69) is 0 Å². The van der Waals surface area contributed by atoms with E-state index >= 15 is 0 Å². The van der Waals surface area contributed by atoms with E-state index in [-0.39, 0.29) is 6.79 Å². The Morgan fingerprint density at radius 2 is 1.53 bits per heavy atom. The molecule has 1 atom stereocenters. The molecule has 1 saturated heterocycles. The Balaban J connectivity index is 1.56. The molecule has 1 N–H and O–H groups in total. The summed E-state index contributed by atoms with van der Waals surface area (Å²) < 4.78 is 39.7. The number of aliphatic hydroxyl groups excluding tert-OH is 1. The number of hydrogen-bond acceptors (Lipinski definition) is 8. The van der Waals surface area contributed by atoms with Crippen molar-refractivity contribution in [3.8, 4) is 28.7 Å². The molecule has 3 aromatic carbocycles. The van der Waals surface area contributed by atoms with Crippen molar-refractivity contribution in [2.75, 3.05) is 34.2 Å². The summed E-state index contributed by atoms with van der Waals surface area (Å²) in [5, 5.41) is 11.6. The Labute approximate surface area is 197 Å². The van der Waals surface area contributed by atoms with Crippen LogP contribution in [0.3, 0.4) is 0 Å². The molecule has 34 heavy (non-hydrogen) atoms. The average Bonchev–Trinajstić information content (AvgIpc) is 3.58. The van der Waals surface area contributed by atoms with Crippen molar-refractivity contribution in [3.63, 3.8) is 0 Å². The lowest BCUT2D eigenvalue weighted by Crippen LogP contribution is -2.11. The molecule has 0 aliphatic carbocycles. The molecule has 0 amide bonds. The highest BCUT2D eigenvalue weighted by Crippen LogP contribution is 2.45. The Hall–Kier alpha value is -3.46. The highest BCUT2D eigenvalue weighted by atomic mass is 16.7. The summed E-state index contributed by atoms with van der Waals surface area (Å²) in [5.74, 6) is 2.57. The van der Waals surface area contributed by atoms with Gasteiger partial charge < -0.3 is 38.3 Å². The smallest absolute Gasteiger partial charge is 0.231 e. The number of methoxy groups -OCH3 is 2. The van der Waals surface area contributed by atoms with Crippen LogP contribution in [-0.2, 0) is 16.1 Å². The predicted molar refractivity (Wildman–Crippen MR) is 122 cm³/mol. The Bertz CT molecular complexity index is 1140. The molecule has 0 bridgehead atoms. The minimum absolute atomic E-state index is 0.109. The highest BCUT2D eigenvalue weighted by Gasteiger charge is 2.30. The van der Waals surface area contributed by atoms with E-state index in [1.54, 1.807) is 38.5 Å². The molecule has 178 valence electrons. The lowest BCUT2D eigenvalue weighted by Gasteiger charge is -2.23. The molecule has 0 spiro atoms. The third-order valence-corrected chi connectivity index (χ3v) is 5.80. The van der Waals surface area contributed by atoms with Crippen LogP contribution in [0.25, 0.3) is 0 Å². The Morgan fingerprint density at radius 1 is 0.853 bits per heavy atom. The van der Waals surface area contributed by atoms with Crippen LogP contribution in [-0.4, -0.2) is 39.3 Å². The highest BCUT2D eigenvalue weighted by molar-refractivity contribution is 5.57. The van der Waals surface area contributed by atoms with Gasteiger partial charge in [-0.2, -0.15) is 0 Å². The maximum absolute atomic E-state index is 11.6. The van der Waals surface area contributed by atoms with Crippen molar-refractivity contribution in [2.45, 2.75) is 19.0 Å². The van der Waals surface area contributed by atoms with E-state index in [9.17, 15) is 5.11 Å². The second-order valence-electron chi connectivity index (χ2n) is 7.83. The van der Waals surface area contributed by atoms with Gasteiger partial charge in [0, 0.05) is 17.2 Å². The van der Waals surface area contributed by atoms with Crippen LogP contribution in [0.4, 0.5) is 0 Å². The molecule has 2 heterocycles. The Morgan fingerprint density at radius 3 is 2.24 bits per heavy atom. The second-order valence-corrected chi connectivity index (χ2v) is 7.83. The predicted octanol–water partition coefficient (Wildman–Crippen LogP) is 4.14. The van der Waals surface area contributed by atoms with Crippen LogP contribution >= 0.6 is 0 Å². The van der Waals surface area contributed by atoms with E-state index < -0.39 is 12.4 Å². The van der Waals surface area contributed by atoms with Crippen LogP contribution in [0.1, 0.15) is 34.6 Å². The molecule has 8 nitrogen and oxygen atoms in total. The van der Waals surface area contributed by atoms with Gasteiger partial charge in [-0.25, -0.2) is 0 Å². The van der Waals surface area contributed by atoms with Gasteiger partial charge in [-0.1, -0.05) is 30.3 Å². The molecule has 5 rings (SSSR count). The number of rotatable bonds is 8. The van der Waals surface area contributed by atoms with Crippen molar-refractivity contribution in [1.82, 2.24) is 0 Å². The number of aliphatic hydroxyl groups is 1. The first-order valence-corrected chi connectivity index (χ1v) is 10.9. The molecule has 0 radical (unpaired) electrons. The standard InChI is InChI=1S/C26H26O8/c1-28-21-10-17(18(11-22(21)29-2)26-30-8-9-31-26)25(27)19-12-23-24(34-15-33-23)13-20(19)32-14-16-6-4-3-5-7-16/h3-7,10-13,25-27H,8-9,14-15H2,1-2H3. The number of hydrogen-bond donors (Lipinski definition) is 1. The minimum Gasteiger partial charge on any atom is -0.493 e.